The largest absolute Gasteiger partial charge is 0.467 e. The van der Waals surface area contributed by atoms with E-state index in [9.17, 15) is 0 Å². The van der Waals surface area contributed by atoms with Gasteiger partial charge in [-0.15, -0.1) is 4.98 Å². The van der Waals surface area contributed by atoms with E-state index >= 15 is 0 Å². The standard InChI is InChI=1S/C12H14ClN5O2/c1-3-7-6-8(4-5-9(7)13)20-12-16-10(18-14)15-11(17-12)19-2/h4-6H,3,14H2,1-2H3,(H,15,16,17,18). The monoisotopic (exact) mass is 295 g/mol. The Morgan fingerprint density at radius 2 is 2.00 bits per heavy atom. The van der Waals surface area contributed by atoms with Gasteiger partial charge in [-0.3, -0.25) is 5.43 Å². The van der Waals surface area contributed by atoms with Crippen molar-refractivity contribution in [3.05, 3.63) is 28.8 Å². The van der Waals surface area contributed by atoms with Gasteiger partial charge < -0.3 is 9.47 Å². The number of nitrogen functional groups attached to an aromatic ring is 1. The lowest BCUT2D eigenvalue weighted by Crippen LogP contribution is -2.12. The molecule has 0 bridgehead atoms. The lowest BCUT2D eigenvalue weighted by Gasteiger charge is -2.08. The predicted octanol–water partition coefficient (Wildman–Crippen LogP) is 2.17. The molecule has 2 aromatic rings. The van der Waals surface area contributed by atoms with Crippen molar-refractivity contribution in [1.29, 1.82) is 0 Å². The van der Waals surface area contributed by atoms with Crippen LogP contribution in [0.5, 0.6) is 17.8 Å². The van der Waals surface area contributed by atoms with Gasteiger partial charge in [0, 0.05) is 5.02 Å². The van der Waals surface area contributed by atoms with Crippen molar-refractivity contribution < 1.29 is 9.47 Å². The van der Waals surface area contributed by atoms with E-state index in [-0.39, 0.29) is 18.0 Å². The van der Waals surface area contributed by atoms with E-state index in [1.54, 1.807) is 12.1 Å². The summed E-state index contributed by atoms with van der Waals surface area (Å²) in [5, 5.41) is 0.692. The number of hydrogen-bond acceptors (Lipinski definition) is 7. The normalized spacial score (nSPS) is 10.2. The summed E-state index contributed by atoms with van der Waals surface area (Å²) < 4.78 is 10.5. The van der Waals surface area contributed by atoms with Crippen LogP contribution in [0.1, 0.15) is 12.5 Å². The van der Waals surface area contributed by atoms with Crippen molar-refractivity contribution in [3.8, 4) is 17.8 Å². The van der Waals surface area contributed by atoms with Gasteiger partial charge >= 0.3 is 12.0 Å². The quantitative estimate of drug-likeness (QED) is 0.644. The van der Waals surface area contributed by atoms with Crippen LogP contribution in [-0.2, 0) is 6.42 Å². The summed E-state index contributed by atoms with van der Waals surface area (Å²) in [5.74, 6) is 5.99. The van der Waals surface area contributed by atoms with Gasteiger partial charge in [-0.05, 0) is 30.2 Å². The van der Waals surface area contributed by atoms with Crippen LogP contribution >= 0.6 is 11.6 Å². The third-order valence-corrected chi connectivity index (χ3v) is 2.88. The van der Waals surface area contributed by atoms with Gasteiger partial charge in [0.15, 0.2) is 0 Å². The Hall–Kier alpha value is -2.12. The van der Waals surface area contributed by atoms with Crippen LogP contribution in [0.4, 0.5) is 5.95 Å². The molecule has 0 aliphatic heterocycles. The maximum atomic E-state index is 6.05. The van der Waals surface area contributed by atoms with Crippen LogP contribution in [0, 0.1) is 0 Å². The van der Waals surface area contributed by atoms with E-state index in [0.29, 0.717) is 10.8 Å². The number of aryl methyl sites for hydroxylation is 1. The van der Waals surface area contributed by atoms with Crippen LogP contribution in [0.2, 0.25) is 5.02 Å². The Morgan fingerprint density at radius 3 is 2.65 bits per heavy atom. The van der Waals surface area contributed by atoms with Gasteiger partial charge in [-0.2, -0.15) is 9.97 Å². The molecule has 1 aromatic heterocycles. The Labute approximate surface area is 121 Å². The summed E-state index contributed by atoms with van der Waals surface area (Å²) in [7, 11) is 1.44. The van der Waals surface area contributed by atoms with Gasteiger partial charge in [0.25, 0.3) is 0 Å². The summed E-state index contributed by atoms with van der Waals surface area (Å²) >= 11 is 6.05. The molecule has 0 aliphatic rings. The number of nitrogens with zero attached hydrogens (tertiary/aromatic N) is 3. The molecule has 0 aliphatic carbocycles. The predicted molar refractivity (Wildman–Crippen MR) is 75.1 cm³/mol. The summed E-state index contributed by atoms with van der Waals surface area (Å²) in [6.45, 7) is 2.01. The molecule has 0 fully saturated rings. The number of nitrogens with one attached hydrogen (secondary N) is 1. The molecule has 8 heteroatoms. The number of rotatable bonds is 5. The topological polar surface area (TPSA) is 95.2 Å². The van der Waals surface area contributed by atoms with Crippen molar-refractivity contribution in [3.63, 3.8) is 0 Å². The zero-order chi connectivity index (χ0) is 14.5. The lowest BCUT2D eigenvalue weighted by molar-refractivity contribution is 0.360. The second-order valence-corrected chi connectivity index (χ2v) is 4.19. The van der Waals surface area contributed by atoms with Gasteiger partial charge in [0.05, 0.1) is 7.11 Å². The van der Waals surface area contributed by atoms with Crippen molar-refractivity contribution in [1.82, 2.24) is 15.0 Å². The van der Waals surface area contributed by atoms with E-state index in [1.807, 2.05) is 13.0 Å². The molecule has 0 atom stereocenters. The zero-order valence-electron chi connectivity index (χ0n) is 11.1. The molecule has 0 saturated heterocycles. The van der Waals surface area contributed by atoms with E-state index in [2.05, 4.69) is 20.4 Å². The number of aromatic nitrogens is 3. The number of hydrogen-bond donors (Lipinski definition) is 2. The fourth-order valence-corrected chi connectivity index (χ4v) is 1.78. The van der Waals surface area contributed by atoms with Crippen LogP contribution < -0.4 is 20.7 Å². The van der Waals surface area contributed by atoms with Crippen molar-refractivity contribution in [2.24, 2.45) is 5.84 Å². The highest BCUT2D eigenvalue weighted by Gasteiger charge is 2.09. The van der Waals surface area contributed by atoms with Crippen LogP contribution in [-0.4, -0.2) is 22.1 Å². The fraction of sp³-hybridized carbons (Fsp3) is 0.250. The Morgan fingerprint density at radius 1 is 1.25 bits per heavy atom. The minimum atomic E-state index is 0.0779. The molecule has 20 heavy (non-hydrogen) atoms. The molecular weight excluding hydrogens is 282 g/mol. The van der Waals surface area contributed by atoms with Gasteiger partial charge in [-0.1, -0.05) is 18.5 Å². The maximum absolute atomic E-state index is 6.05. The summed E-state index contributed by atoms with van der Waals surface area (Å²) in [6.07, 6.45) is 0.798. The lowest BCUT2D eigenvalue weighted by atomic mass is 10.1. The zero-order valence-corrected chi connectivity index (χ0v) is 11.8. The van der Waals surface area contributed by atoms with Crippen LogP contribution in [0.25, 0.3) is 0 Å². The van der Waals surface area contributed by atoms with E-state index in [1.165, 1.54) is 7.11 Å². The number of anilines is 1. The molecule has 3 N–H and O–H groups in total. The molecule has 0 amide bonds. The van der Waals surface area contributed by atoms with Gasteiger partial charge in [0.1, 0.15) is 5.75 Å². The van der Waals surface area contributed by atoms with Crippen molar-refractivity contribution in [2.45, 2.75) is 13.3 Å². The molecular formula is C12H14ClN5O2. The minimum absolute atomic E-state index is 0.0779. The molecule has 106 valence electrons. The smallest absolute Gasteiger partial charge is 0.330 e. The summed E-state index contributed by atoms with van der Waals surface area (Å²) in [5.41, 5.74) is 3.29. The minimum Gasteiger partial charge on any atom is -0.467 e. The molecule has 7 nitrogen and oxygen atoms in total. The number of methoxy groups -OCH3 is 1. The fourth-order valence-electron chi connectivity index (χ4n) is 1.53. The number of hydrazine groups is 1. The highest BCUT2D eigenvalue weighted by Crippen LogP contribution is 2.26. The molecule has 0 spiro atoms. The van der Waals surface area contributed by atoms with E-state index in [0.717, 1.165) is 12.0 Å². The first-order chi connectivity index (χ1) is 9.66. The first-order valence-electron chi connectivity index (χ1n) is 5.89. The average molecular weight is 296 g/mol. The summed E-state index contributed by atoms with van der Waals surface area (Å²) in [4.78, 5) is 11.8. The number of nitrogens with two attached hydrogens (primary N) is 1. The van der Waals surface area contributed by atoms with E-state index in [4.69, 9.17) is 26.9 Å². The van der Waals surface area contributed by atoms with Crippen molar-refractivity contribution in [2.75, 3.05) is 12.5 Å². The number of ether oxygens (including phenoxy) is 2. The van der Waals surface area contributed by atoms with E-state index < -0.39 is 0 Å². The third-order valence-electron chi connectivity index (χ3n) is 2.51. The Balaban J connectivity index is 2.29. The summed E-state index contributed by atoms with van der Waals surface area (Å²) in [6, 6.07) is 5.50. The highest BCUT2D eigenvalue weighted by molar-refractivity contribution is 6.31. The Kier molecular flexibility index (Phi) is 4.54. The average Bonchev–Trinajstić information content (AvgIpc) is 2.48. The van der Waals surface area contributed by atoms with Crippen LogP contribution in [0.15, 0.2) is 18.2 Å². The first-order valence-corrected chi connectivity index (χ1v) is 6.27. The highest BCUT2D eigenvalue weighted by atomic mass is 35.5. The molecule has 2 rings (SSSR count). The molecule has 1 heterocycles. The Bertz CT molecular complexity index is 586. The molecule has 0 unspecified atom stereocenters. The van der Waals surface area contributed by atoms with Gasteiger partial charge in [0.2, 0.25) is 5.95 Å². The molecule has 1 aromatic carbocycles. The maximum Gasteiger partial charge on any atom is 0.330 e. The molecule has 0 saturated carbocycles. The number of benzene rings is 1. The second kappa shape index (κ2) is 6.36. The second-order valence-electron chi connectivity index (χ2n) is 3.78. The number of halogens is 1. The van der Waals surface area contributed by atoms with Crippen molar-refractivity contribution >= 4 is 17.5 Å². The molecule has 0 radical (unpaired) electrons. The third kappa shape index (κ3) is 3.25. The SMILES string of the molecule is CCc1cc(Oc2nc(NN)nc(OC)n2)ccc1Cl. The first kappa shape index (κ1) is 14.3. The van der Waals surface area contributed by atoms with Crippen LogP contribution in [0.3, 0.4) is 0 Å². The van der Waals surface area contributed by atoms with Gasteiger partial charge in [-0.25, -0.2) is 5.84 Å².